The number of aliphatic hydroxyl groups is 4. The van der Waals surface area contributed by atoms with Gasteiger partial charge in [-0.25, -0.2) is 4.79 Å². The molecule has 0 heterocycles. The zero-order valence-corrected chi connectivity index (χ0v) is 17.6. The molecule has 0 saturated heterocycles. The number of nitrogens with zero attached hydrogens (tertiary/aromatic N) is 1. The van der Waals surface area contributed by atoms with Crippen LogP contribution in [0.15, 0.2) is 0 Å². The van der Waals surface area contributed by atoms with Crippen LogP contribution in [0.4, 0.5) is 4.79 Å². The fourth-order valence-electron chi connectivity index (χ4n) is 1.90. The Bertz CT molecular complexity index is 521. The van der Waals surface area contributed by atoms with Crippen LogP contribution in [0.2, 0.25) is 0 Å². The highest BCUT2D eigenvalue weighted by molar-refractivity contribution is 5.73. The van der Waals surface area contributed by atoms with Crippen molar-refractivity contribution < 1.29 is 53.8 Å². The van der Waals surface area contributed by atoms with Crippen molar-refractivity contribution in [1.29, 1.82) is 0 Å². The monoisotopic (exact) mass is 439 g/mol. The smallest absolute Gasteiger partial charge is 0.410 e. The minimum Gasteiger partial charge on any atom is -0.463 e. The Kier molecular flexibility index (Phi) is 13.9. The zero-order chi connectivity index (χ0) is 23.2. The van der Waals surface area contributed by atoms with Gasteiger partial charge in [-0.05, 0) is 20.8 Å². The van der Waals surface area contributed by atoms with Crippen molar-refractivity contribution in [3.8, 4) is 0 Å². The number of carbonyl (C=O) groups excluding carboxylic acids is 3. The summed E-state index contributed by atoms with van der Waals surface area (Å²) in [5, 5.41) is 35.6. The topological polar surface area (TPSA) is 172 Å². The van der Waals surface area contributed by atoms with Crippen LogP contribution in [-0.2, 0) is 28.5 Å². The third-order valence-corrected chi connectivity index (χ3v) is 3.41. The van der Waals surface area contributed by atoms with E-state index in [0.717, 1.165) is 4.90 Å². The number of hydrogen-bond donors (Lipinski definition) is 4. The molecule has 0 fully saturated rings. The van der Waals surface area contributed by atoms with E-state index >= 15 is 0 Å². The summed E-state index contributed by atoms with van der Waals surface area (Å²) in [7, 11) is 0. The molecule has 4 N–H and O–H groups in total. The molecule has 0 saturated carbocycles. The van der Waals surface area contributed by atoms with E-state index < -0.39 is 55.8 Å². The molecule has 0 rings (SSSR count). The lowest BCUT2D eigenvalue weighted by Gasteiger charge is -2.27. The maximum atomic E-state index is 12.3. The summed E-state index contributed by atoms with van der Waals surface area (Å²) in [6.45, 7) is 2.48. The molecule has 12 nitrogen and oxygen atoms in total. The van der Waals surface area contributed by atoms with Crippen molar-refractivity contribution in [3.63, 3.8) is 0 Å². The van der Waals surface area contributed by atoms with Gasteiger partial charge in [0.1, 0.15) is 37.8 Å². The first-order valence-electron chi connectivity index (χ1n) is 9.43. The Morgan fingerprint density at radius 3 is 1.87 bits per heavy atom. The molecule has 0 aromatic carbocycles. The summed E-state index contributed by atoms with van der Waals surface area (Å²) >= 11 is 0. The van der Waals surface area contributed by atoms with Crippen LogP contribution in [0, 0.1) is 0 Å². The van der Waals surface area contributed by atoms with Gasteiger partial charge in [0.2, 0.25) is 0 Å². The average Bonchev–Trinajstić information content (AvgIpc) is 2.67. The van der Waals surface area contributed by atoms with Crippen molar-refractivity contribution in [2.45, 2.75) is 51.4 Å². The van der Waals surface area contributed by atoms with Crippen molar-refractivity contribution in [2.24, 2.45) is 0 Å². The van der Waals surface area contributed by atoms with Gasteiger partial charge in [0.05, 0.1) is 26.1 Å². The number of esters is 2. The molecule has 12 heteroatoms. The van der Waals surface area contributed by atoms with Crippen LogP contribution in [0.25, 0.3) is 0 Å². The Labute approximate surface area is 175 Å². The van der Waals surface area contributed by atoms with Gasteiger partial charge < -0.3 is 44.3 Å². The zero-order valence-electron chi connectivity index (χ0n) is 17.6. The number of hydrogen-bond acceptors (Lipinski definition) is 11. The van der Waals surface area contributed by atoms with Gasteiger partial charge in [0.15, 0.2) is 0 Å². The second-order valence-corrected chi connectivity index (χ2v) is 7.27. The third-order valence-electron chi connectivity index (χ3n) is 3.41. The van der Waals surface area contributed by atoms with E-state index in [-0.39, 0.29) is 39.1 Å². The van der Waals surface area contributed by atoms with Crippen LogP contribution in [0.3, 0.4) is 0 Å². The molecule has 0 aromatic heterocycles. The van der Waals surface area contributed by atoms with Crippen LogP contribution in [0.5, 0.6) is 0 Å². The summed E-state index contributed by atoms with van der Waals surface area (Å²) in [4.78, 5) is 37.1. The molecule has 176 valence electrons. The summed E-state index contributed by atoms with van der Waals surface area (Å²) < 4.78 is 19.7. The Morgan fingerprint density at radius 2 is 1.43 bits per heavy atom. The van der Waals surface area contributed by atoms with Gasteiger partial charge in [0, 0.05) is 13.1 Å². The Balaban J connectivity index is 4.68. The molecule has 0 aliphatic rings. The Hall–Kier alpha value is -1.99. The van der Waals surface area contributed by atoms with Crippen molar-refractivity contribution in [2.75, 3.05) is 46.3 Å². The van der Waals surface area contributed by atoms with Gasteiger partial charge in [-0.1, -0.05) is 0 Å². The highest BCUT2D eigenvalue weighted by Crippen LogP contribution is 2.11. The minimum absolute atomic E-state index is 0.106. The summed E-state index contributed by atoms with van der Waals surface area (Å²) in [6.07, 6.45) is -3.23. The molecule has 1 amide bonds. The molecule has 2 atom stereocenters. The second-order valence-electron chi connectivity index (χ2n) is 7.27. The molecule has 0 radical (unpaired) electrons. The summed E-state index contributed by atoms with van der Waals surface area (Å²) in [6, 6.07) is 0. The molecule has 0 aromatic rings. The van der Waals surface area contributed by atoms with Crippen LogP contribution < -0.4 is 0 Å². The van der Waals surface area contributed by atoms with E-state index in [4.69, 9.17) is 34.3 Å². The largest absolute Gasteiger partial charge is 0.463 e. The number of aliphatic hydroxyl groups excluding tert-OH is 4. The van der Waals surface area contributed by atoms with Crippen LogP contribution >= 0.6 is 0 Å². The van der Waals surface area contributed by atoms with E-state index in [1.807, 2.05) is 0 Å². The summed E-state index contributed by atoms with van der Waals surface area (Å²) in [5.74, 6) is -1.39. The van der Waals surface area contributed by atoms with Crippen molar-refractivity contribution in [1.82, 2.24) is 4.90 Å². The van der Waals surface area contributed by atoms with Gasteiger partial charge >= 0.3 is 18.0 Å². The predicted octanol–water partition coefficient (Wildman–Crippen LogP) is -1.23. The first-order chi connectivity index (χ1) is 14.0. The highest BCUT2D eigenvalue weighted by atomic mass is 16.6. The van der Waals surface area contributed by atoms with Crippen molar-refractivity contribution >= 4 is 18.0 Å². The lowest BCUT2D eigenvalue weighted by atomic mass is 10.2. The maximum absolute atomic E-state index is 12.3. The van der Waals surface area contributed by atoms with E-state index in [0.29, 0.717) is 0 Å². The number of rotatable bonds is 14. The van der Waals surface area contributed by atoms with E-state index in [9.17, 15) is 19.5 Å². The molecule has 0 unspecified atom stereocenters. The van der Waals surface area contributed by atoms with E-state index in [2.05, 4.69) is 0 Å². The van der Waals surface area contributed by atoms with Gasteiger partial charge in [0.25, 0.3) is 0 Å². The fourth-order valence-corrected chi connectivity index (χ4v) is 1.90. The molecular weight excluding hydrogens is 406 g/mol. The standard InChI is InChI=1S/C18H33NO11/c1-18(2,3)30-17(26)19(6-4-15(24)27-10-13(23)8-20)7-5-16(25)28-11-14(9-21)29-12-22/h13-14,20-23H,4-12H2,1-3H3/t13-,14-/m1/s1. The van der Waals surface area contributed by atoms with Crippen LogP contribution in [0.1, 0.15) is 33.6 Å². The SMILES string of the molecule is CC(C)(C)OC(=O)N(CCC(=O)OC[C@H](O)CO)CCC(=O)OC[C@@H](CO)OCO. The fraction of sp³-hybridized carbons (Fsp3) is 0.833. The number of ether oxygens (including phenoxy) is 4. The number of amides is 1. The quantitative estimate of drug-likeness (QED) is 0.145. The second kappa shape index (κ2) is 14.9. The summed E-state index contributed by atoms with van der Waals surface area (Å²) in [5.41, 5.74) is -0.794. The number of carbonyl (C=O) groups is 3. The van der Waals surface area contributed by atoms with E-state index in [1.165, 1.54) is 0 Å². The van der Waals surface area contributed by atoms with Crippen molar-refractivity contribution in [3.05, 3.63) is 0 Å². The normalized spacial score (nSPS) is 13.3. The van der Waals surface area contributed by atoms with Gasteiger partial charge in [-0.3, -0.25) is 9.59 Å². The minimum atomic E-state index is -1.19. The van der Waals surface area contributed by atoms with Gasteiger partial charge in [-0.15, -0.1) is 0 Å². The molecule has 0 aliphatic carbocycles. The van der Waals surface area contributed by atoms with Gasteiger partial charge in [-0.2, -0.15) is 0 Å². The average molecular weight is 439 g/mol. The van der Waals surface area contributed by atoms with E-state index in [1.54, 1.807) is 20.8 Å². The Morgan fingerprint density at radius 1 is 0.900 bits per heavy atom. The maximum Gasteiger partial charge on any atom is 0.410 e. The first kappa shape index (κ1) is 28.0. The van der Waals surface area contributed by atoms with Crippen LogP contribution in [-0.4, -0.2) is 107 Å². The first-order valence-corrected chi connectivity index (χ1v) is 9.43. The molecule has 0 spiro atoms. The molecular formula is C18H33NO11. The highest BCUT2D eigenvalue weighted by Gasteiger charge is 2.24. The molecule has 0 bridgehead atoms. The molecule has 30 heavy (non-hydrogen) atoms. The predicted molar refractivity (Wildman–Crippen MR) is 101 cm³/mol. The lowest BCUT2D eigenvalue weighted by molar-refractivity contribution is -0.153. The third kappa shape index (κ3) is 14.1. The lowest BCUT2D eigenvalue weighted by Crippen LogP contribution is -2.39. The molecule has 0 aliphatic heterocycles.